The Hall–Kier alpha value is -0.120. The van der Waals surface area contributed by atoms with Crippen molar-refractivity contribution in [2.75, 3.05) is 0 Å². The van der Waals surface area contributed by atoms with E-state index in [2.05, 4.69) is 15.9 Å². The Bertz CT molecular complexity index is 452. The molecular weight excluding hydrogens is 275 g/mol. The van der Waals surface area contributed by atoms with E-state index < -0.39 is 0 Å². The summed E-state index contributed by atoms with van der Waals surface area (Å²) in [6.07, 6.45) is 0. The molecule has 0 radical (unpaired) electrons. The summed E-state index contributed by atoms with van der Waals surface area (Å²) in [6, 6.07) is 5.13. The highest BCUT2D eigenvalue weighted by molar-refractivity contribution is 9.08. The molecule has 0 unspecified atom stereocenters. The summed E-state index contributed by atoms with van der Waals surface area (Å²) in [4.78, 5) is 0. The maximum absolute atomic E-state index is 13.3. The van der Waals surface area contributed by atoms with Crippen LogP contribution in [0.2, 0.25) is 4.34 Å². The zero-order valence-electron chi connectivity index (χ0n) is 6.48. The van der Waals surface area contributed by atoms with E-state index in [4.69, 9.17) is 11.6 Å². The van der Waals surface area contributed by atoms with Crippen LogP contribution in [0, 0.1) is 5.82 Å². The van der Waals surface area contributed by atoms with Crippen molar-refractivity contribution in [2.45, 2.75) is 5.33 Å². The van der Waals surface area contributed by atoms with Crippen LogP contribution < -0.4 is 0 Å². The highest BCUT2D eigenvalue weighted by Crippen LogP contribution is 2.31. The van der Waals surface area contributed by atoms with Crippen molar-refractivity contribution in [2.24, 2.45) is 0 Å². The monoisotopic (exact) mass is 278 g/mol. The summed E-state index contributed by atoms with van der Waals surface area (Å²) >= 11 is 10.5. The van der Waals surface area contributed by atoms with Crippen molar-refractivity contribution >= 4 is 49.0 Å². The zero-order chi connectivity index (χ0) is 9.42. The minimum atomic E-state index is -0.182. The van der Waals surface area contributed by atoms with Crippen LogP contribution in [-0.2, 0) is 5.33 Å². The predicted molar refractivity (Wildman–Crippen MR) is 59.4 cm³/mol. The van der Waals surface area contributed by atoms with Gasteiger partial charge in [0, 0.05) is 10.0 Å². The average Bonchev–Trinajstić information content (AvgIpc) is 2.42. The highest BCUT2D eigenvalue weighted by Gasteiger charge is 2.06. The van der Waals surface area contributed by atoms with Gasteiger partial charge in [-0.3, -0.25) is 0 Å². The van der Waals surface area contributed by atoms with Crippen molar-refractivity contribution in [3.8, 4) is 0 Å². The molecule has 2 aromatic rings. The average molecular weight is 280 g/mol. The second kappa shape index (κ2) is 3.56. The van der Waals surface area contributed by atoms with E-state index in [1.54, 1.807) is 6.07 Å². The molecule has 4 heteroatoms. The molecule has 0 fully saturated rings. The number of rotatable bonds is 1. The van der Waals surface area contributed by atoms with E-state index in [0.29, 0.717) is 15.2 Å². The van der Waals surface area contributed by atoms with E-state index in [-0.39, 0.29) is 5.82 Å². The molecule has 0 saturated heterocycles. The molecule has 0 nitrogen and oxygen atoms in total. The summed E-state index contributed by atoms with van der Waals surface area (Å²) in [7, 11) is 0. The fourth-order valence-corrected chi connectivity index (χ4v) is 2.80. The Balaban J connectivity index is 2.72. The summed E-state index contributed by atoms with van der Waals surface area (Å²) in [5.41, 5.74) is 0.672. The van der Waals surface area contributed by atoms with Crippen LogP contribution in [0.25, 0.3) is 10.1 Å². The Morgan fingerprint density at radius 1 is 1.38 bits per heavy atom. The van der Waals surface area contributed by atoms with Crippen molar-refractivity contribution in [1.29, 1.82) is 0 Å². The molecule has 0 amide bonds. The maximum atomic E-state index is 13.3. The minimum Gasteiger partial charge on any atom is -0.207 e. The largest absolute Gasteiger partial charge is 0.207 e. The Kier molecular flexibility index (Phi) is 2.58. The zero-order valence-corrected chi connectivity index (χ0v) is 9.64. The molecule has 0 bridgehead atoms. The van der Waals surface area contributed by atoms with Gasteiger partial charge in [0.2, 0.25) is 0 Å². The lowest BCUT2D eigenvalue weighted by Crippen LogP contribution is -1.83. The number of thiophene rings is 1. The van der Waals surface area contributed by atoms with Gasteiger partial charge in [0.15, 0.2) is 0 Å². The summed E-state index contributed by atoms with van der Waals surface area (Å²) in [5, 5.41) is 1.40. The van der Waals surface area contributed by atoms with Crippen LogP contribution in [0.5, 0.6) is 0 Å². The first kappa shape index (κ1) is 9.44. The summed E-state index contributed by atoms with van der Waals surface area (Å²) in [5.74, 6) is -0.182. The van der Waals surface area contributed by atoms with Gasteiger partial charge in [0.25, 0.3) is 0 Å². The second-order valence-corrected chi connectivity index (χ2v) is 4.94. The quantitative estimate of drug-likeness (QED) is 0.670. The van der Waals surface area contributed by atoms with Crippen LogP contribution in [-0.4, -0.2) is 0 Å². The van der Waals surface area contributed by atoms with Gasteiger partial charge >= 0.3 is 0 Å². The van der Waals surface area contributed by atoms with E-state index in [0.717, 1.165) is 10.1 Å². The topological polar surface area (TPSA) is 0 Å². The van der Waals surface area contributed by atoms with E-state index in [1.807, 2.05) is 6.07 Å². The number of halogens is 3. The Labute approximate surface area is 92.5 Å². The van der Waals surface area contributed by atoms with Gasteiger partial charge in [0.1, 0.15) is 5.82 Å². The number of hydrogen-bond donors (Lipinski definition) is 0. The Morgan fingerprint density at radius 3 is 2.85 bits per heavy atom. The van der Waals surface area contributed by atoms with Crippen molar-refractivity contribution in [3.05, 3.63) is 33.9 Å². The number of fused-ring (bicyclic) bond motifs is 1. The van der Waals surface area contributed by atoms with Gasteiger partial charge < -0.3 is 0 Å². The molecule has 2 rings (SSSR count). The normalized spacial score (nSPS) is 11.0. The van der Waals surface area contributed by atoms with Crippen LogP contribution in [0.3, 0.4) is 0 Å². The fourth-order valence-electron chi connectivity index (χ4n) is 1.17. The third kappa shape index (κ3) is 1.73. The number of alkyl halides is 1. The van der Waals surface area contributed by atoms with Crippen molar-refractivity contribution in [3.63, 3.8) is 0 Å². The van der Waals surface area contributed by atoms with Gasteiger partial charge in [-0.15, -0.1) is 11.3 Å². The summed E-state index contributed by atoms with van der Waals surface area (Å²) in [6.45, 7) is 0. The van der Waals surface area contributed by atoms with E-state index in [1.165, 1.54) is 17.4 Å². The SMILES string of the molecule is Fc1cc2cc(Cl)sc2cc1CBr. The molecular formula is C9H5BrClFS. The first-order chi connectivity index (χ1) is 6.20. The molecule has 1 aromatic carbocycles. The molecule has 0 aliphatic heterocycles. The van der Waals surface area contributed by atoms with Gasteiger partial charge in [0.05, 0.1) is 4.34 Å². The van der Waals surface area contributed by atoms with E-state index in [9.17, 15) is 4.39 Å². The van der Waals surface area contributed by atoms with Crippen molar-refractivity contribution < 1.29 is 4.39 Å². The molecule has 0 saturated carbocycles. The molecule has 0 aliphatic carbocycles. The van der Waals surface area contributed by atoms with Gasteiger partial charge in [-0.05, 0) is 29.1 Å². The second-order valence-electron chi connectivity index (χ2n) is 2.67. The molecule has 0 spiro atoms. The lowest BCUT2D eigenvalue weighted by atomic mass is 10.2. The predicted octanol–water partition coefficient (Wildman–Crippen LogP) is 4.59. The molecule has 0 N–H and O–H groups in total. The molecule has 1 aromatic heterocycles. The van der Waals surface area contributed by atoms with Gasteiger partial charge in [-0.2, -0.15) is 0 Å². The van der Waals surface area contributed by atoms with E-state index >= 15 is 0 Å². The Morgan fingerprint density at radius 2 is 2.15 bits per heavy atom. The van der Waals surface area contributed by atoms with Gasteiger partial charge in [-0.25, -0.2) is 4.39 Å². The lowest BCUT2D eigenvalue weighted by molar-refractivity contribution is 0.620. The smallest absolute Gasteiger partial charge is 0.127 e. The van der Waals surface area contributed by atoms with Crippen LogP contribution >= 0.6 is 38.9 Å². The molecule has 0 aliphatic rings. The standard InChI is InChI=1S/C9H5BrClFS/c10-4-6-2-8-5(1-7(6)12)3-9(11)13-8/h1-3H,4H2. The molecule has 0 atom stereocenters. The fraction of sp³-hybridized carbons (Fsp3) is 0.111. The first-order valence-corrected chi connectivity index (χ1v) is 5.96. The van der Waals surface area contributed by atoms with Gasteiger partial charge in [-0.1, -0.05) is 27.5 Å². The number of hydrogen-bond acceptors (Lipinski definition) is 1. The van der Waals surface area contributed by atoms with Crippen molar-refractivity contribution in [1.82, 2.24) is 0 Å². The third-order valence-corrected chi connectivity index (χ3v) is 3.63. The summed E-state index contributed by atoms with van der Waals surface area (Å²) < 4.78 is 15.0. The molecule has 13 heavy (non-hydrogen) atoms. The lowest BCUT2D eigenvalue weighted by Gasteiger charge is -1.97. The molecule has 68 valence electrons. The van der Waals surface area contributed by atoms with Crippen LogP contribution in [0.4, 0.5) is 4.39 Å². The van der Waals surface area contributed by atoms with Crippen LogP contribution in [0.15, 0.2) is 18.2 Å². The molecule has 1 heterocycles. The number of benzene rings is 1. The highest BCUT2D eigenvalue weighted by atomic mass is 79.9. The maximum Gasteiger partial charge on any atom is 0.127 e. The van der Waals surface area contributed by atoms with Crippen LogP contribution in [0.1, 0.15) is 5.56 Å². The third-order valence-electron chi connectivity index (χ3n) is 1.80. The minimum absolute atomic E-state index is 0.182. The first-order valence-electron chi connectivity index (χ1n) is 3.64.